The van der Waals surface area contributed by atoms with Crippen molar-refractivity contribution < 1.29 is 71.1 Å². The van der Waals surface area contributed by atoms with Gasteiger partial charge in [0.1, 0.15) is 11.4 Å². The van der Waals surface area contributed by atoms with Gasteiger partial charge in [-0.25, -0.2) is 17.2 Å². The number of nitrogens with zero attached hydrogens (tertiary/aromatic N) is 4. The van der Waals surface area contributed by atoms with Crippen LogP contribution in [-0.4, -0.2) is 82.0 Å². The van der Waals surface area contributed by atoms with Gasteiger partial charge in [-0.3, -0.25) is 14.5 Å². The second kappa shape index (κ2) is 11.0. The van der Waals surface area contributed by atoms with Gasteiger partial charge in [0, 0.05) is 17.3 Å². The quantitative estimate of drug-likeness (QED) is 0.133. The molecule has 2 amide bonds. The Labute approximate surface area is 215 Å². The Balaban J connectivity index is 0.00000385. The minimum absolute atomic E-state index is 0. The molecule has 0 saturated carbocycles. The summed E-state index contributed by atoms with van der Waals surface area (Å²) in [7, 11) is -4.22. The number of hydrogen-bond acceptors (Lipinski definition) is 13. The molecule has 174 valence electrons. The smallest absolute Gasteiger partial charge is 0.543 e. The zero-order chi connectivity index (χ0) is 23.6. The van der Waals surface area contributed by atoms with Gasteiger partial charge in [0.2, 0.25) is 11.5 Å². The molecule has 1 aromatic heterocycles. The Kier molecular flexibility index (Phi) is 9.16. The summed E-state index contributed by atoms with van der Waals surface area (Å²) in [5, 5.41) is 16.2. The van der Waals surface area contributed by atoms with Gasteiger partial charge in [0.05, 0.1) is 17.4 Å². The van der Waals surface area contributed by atoms with E-state index in [2.05, 4.69) is 24.7 Å². The molecule has 0 spiro atoms. The van der Waals surface area contributed by atoms with Gasteiger partial charge < -0.3 is 25.8 Å². The Morgan fingerprint density at radius 2 is 2.09 bits per heavy atom. The summed E-state index contributed by atoms with van der Waals surface area (Å²) < 4.78 is 51.9. The van der Waals surface area contributed by atoms with Crippen LogP contribution in [0, 0.1) is 0 Å². The number of hydrogen-bond donors (Lipinski definition) is 2. The van der Waals surface area contributed by atoms with Gasteiger partial charge in [-0.15, -0.1) is 11.8 Å². The summed E-state index contributed by atoms with van der Waals surface area (Å²) in [4.78, 5) is 45.4. The maximum Gasteiger partial charge on any atom is 1.00 e. The van der Waals surface area contributed by atoms with Crippen LogP contribution in [0.25, 0.3) is 0 Å². The molecule has 13 nitrogen and oxygen atoms in total. The van der Waals surface area contributed by atoms with Gasteiger partial charge in [-0.2, -0.15) is 9.36 Å². The Morgan fingerprint density at radius 1 is 1.39 bits per heavy atom. The molecule has 1 saturated heterocycles. The third-order valence-electron chi connectivity index (χ3n) is 4.16. The fraction of sp³-hybridized carbons (Fsp3) is 0.429. The molecule has 3 heterocycles. The van der Waals surface area contributed by atoms with Crippen LogP contribution in [0.1, 0.15) is 5.82 Å². The van der Waals surface area contributed by atoms with Crippen LogP contribution in [0.2, 0.25) is 0 Å². The van der Waals surface area contributed by atoms with Gasteiger partial charge >= 0.3 is 29.6 Å². The third kappa shape index (κ3) is 5.80. The number of halogens is 2. The number of carboxylic acid groups (broad SMARTS) is 1. The molecular formula is C14H13F2N6NaO7S3. The maximum absolute atomic E-state index is 12.7. The molecule has 3 rings (SSSR count). The number of nitrogens with one attached hydrogen (secondary N) is 1. The number of carbonyl (C=O) groups is 3. The second-order valence-electron chi connectivity index (χ2n) is 6.23. The number of sulfone groups is 1. The van der Waals surface area contributed by atoms with Crippen LogP contribution in [0.15, 0.2) is 16.4 Å². The molecule has 2 aliphatic rings. The fourth-order valence-corrected chi connectivity index (χ4v) is 5.66. The number of β-lactam (4-membered cyclic amide) rings is 1. The SMILES string of the molecule is Nc1nc(/C(=N/OCF)C(=O)NC2C(=O)N3C(C(=O)[O-])=C(CS(=O)(=O)CF)CS[C@H]23)ns1.[Na+]. The van der Waals surface area contributed by atoms with E-state index in [1.165, 1.54) is 0 Å². The van der Waals surface area contributed by atoms with Gasteiger partial charge in [0.25, 0.3) is 18.7 Å². The van der Waals surface area contributed by atoms with Gasteiger partial charge in [-0.05, 0) is 5.57 Å². The molecule has 0 aromatic carbocycles. The van der Waals surface area contributed by atoms with Crippen LogP contribution in [0.4, 0.5) is 13.9 Å². The predicted octanol–water partition coefficient (Wildman–Crippen LogP) is -5.48. The van der Waals surface area contributed by atoms with E-state index in [0.29, 0.717) is 0 Å². The number of nitrogen functional groups attached to an aromatic ring is 1. The van der Waals surface area contributed by atoms with E-state index < -0.39 is 69.1 Å². The number of anilines is 1. The summed E-state index contributed by atoms with van der Waals surface area (Å²) in [6.45, 7) is -1.37. The fourth-order valence-electron chi connectivity index (χ4n) is 2.90. The van der Waals surface area contributed by atoms with E-state index in [4.69, 9.17) is 5.73 Å². The number of amides is 2. The van der Waals surface area contributed by atoms with Crippen LogP contribution < -0.4 is 45.7 Å². The summed E-state index contributed by atoms with van der Waals surface area (Å²) in [5.41, 5.74) is 3.98. The molecule has 1 fully saturated rings. The number of thioether (sulfide) groups is 1. The van der Waals surface area contributed by atoms with Crippen molar-refractivity contribution in [1.29, 1.82) is 0 Å². The number of fused-ring (bicyclic) bond motifs is 1. The van der Waals surface area contributed by atoms with E-state index in [1.807, 2.05) is 0 Å². The zero-order valence-electron chi connectivity index (χ0n) is 16.7. The summed E-state index contributed by atoms with van der Waals surface area (Å²) in [6, 6.07) is -2.94. The summed E-state index contributed by atoms with van der Waals surface area (Å²) in [5.74, 6) is -5.09. The standard InChI is InChI=1S/C14H14F2N6O7S3.Na/c15-3-29-20-6(9-19-14(17)31-21-9)10(23)18-7-11(24)22-8(13(25)26)5(1-30-12(7)22)2-32(27,28)4-16;/h7,12H,1-4H2,(H,18,23)(H,25,26)(H2,17,19,21);/q;+1/p-1/b20-6-;/t7?,12-;/m1./s1. The Morgan fingerprint density at radius 3 is 2.64 bits per heavy atom. The number of rotatable bonds is 9. The number of carboxylic acids is 1. The maximum atomic E-state index is 12.7. The van der Waals surface area contributed by atoms with Crippen LogP contribution in [0.3, 0.4) is 0 Å². The first-order valence-electron chi connectivity index (χ1n) is 8.40. The van der Waals surface area contributed by atoms with E-state index in [-0.39, 0.29) is 51.8 Å². The van der Waals surface area contributed by atoms with E-state index in [0.717, 1.165) is 28.2 Å². The molecular weight excluding hydrogens is 521 g/mol. The monoisotopic (exact) mass is 534 g/mol. The van der Waals surface area contributed by atoms with Crippen molar-refractivity contribution in [1.82, 2.24) is 19.6 Å². The van der Waals surface area contributed by atoms with Crippen molar-refractivity contribution in [2.45, 2.75) is 11.4 Å². The van der Waals surface area contributed by atoms with Crippen molar-refractivity contribution in [2.75, 3.05) is 30.1 Å². The zero-order valence-corrected chi connectivity index (χ0v) is 21.1. The number of oxime groups is 1. The van der Waals surface area contributed by atoms with Crippen LogP contribution in [0.5, 0.6) is 0 Å². The average molecular weight is 534 g/mol. The number of carbonyl (C=O) groups excluding carboxylic acids is 3. The van der Waals surface area contributed by atoms with Crippen molar-refractivity contribution in [3.8, 4) is 0 Å². The molecule has 0 aliphatic carbocycles. The molecule has 2 aliphatic heterocycles. The molecule has 2 atom stereocenters. The van der Waals surface area contributed by atoms with Crippen LogP contribution in [-0.2, 0) is 29.1 Å². The summed E-state index contributed by atoms with van der Waals surface area (Å²) >= 11 is 1.68. The Bertz CT molecular complexity index is 1130. The molecule has 1 unspecified atom stereocenters. The Hall–Kier alpha value is -1.86. The van der Waals surface area contributed by atoms with E-state index in [1.54, 1.807) is 0 Å². The molecule has 3 N–H and O–H groups in total. The van der Waals surface area contributed by atoms with E-state index in [9.17, 15) is 36.7 Å². The predicted molar refractivity (Wildman–Crippen MR) is 105 cm³/mol. The molecule has 0 radical (unpaired) electrons. The first-order valence-corrected chi connectivity index (χ1v) is 12.0. The van der Waals surface area contributed by atoms with Crippen molar-refractivity contribution >= 4 is 61.8 Å². The van der Waals surface area contributed by atoms with Gasteiger partial charge in [-0.1, -0.05) is 5.16 Å². The minimum Gasteiger partial charge on any atom is -0.543 e. The number of nitrogens with two attached hydrogens (primary N) is 1. The van der Waals surface area contributed by atoms with Crippen molar-refractivity contribution in [2.24, 2.45) is 5.16 Å². The summed E-state index contributed by atoms with van der Waals surface area (Å²) in [6.07, 6.45) is 0. The minimum atomic E-state index is -4.22. The largest absolute Gasteiger partial charge is 1.00 e. The first-order chi connectivity index (χ1) is 15.1. The second-order valence-corrected chi connectivity index (χ2v) is 10.1. The van der Waals surface area contributed by atoms with Gasteiger partial charge in [0.15, 0.2) is 21.0 Å². The molecule has 1 aromatic rings. The van der Waals surface area contributed by atoms with Crippen LogP contribution >= 0.6 is 23.3 Å². The number of alkyl halides is 2. The van der Waals surface area contributed by atoms with Crippen molar-refractivity contribution in [3.05, 3.63) is 17.1 Å². The average Bonchev–Trinajstić information content (AvgIpc) is 3.17. The third-order valence-corrected chi connectivity index (χ3v) is 7.16. The molecule has 33 heavy (non-hydrogen) atoms. The number of aromatic nitrogens is 2. The molecule has 19 heteroatoms. The topological polar surface area (TPSA) is 197 Å². The molecule has 0 bridgehead atoms. The normalized spacial score (nSPS) is 20.5. The van der Waals surface area contributed by atoms with Crippen molar-refractivity contribution in [3.63, 3.8) is 0 Å². The van der Waals surface area contributed by atoms with E-state index >= 15 is 0 Å². The first kappa shape index (κ1) is 27.4. The number of aliphatic carboxylic acids is 1.